The molecule has 4 nitrogen and oxygen atoms in total. The van der Waals surface area contributed by atoms with Crippen LogP contribution in [-0.2, 0) is 6.54 Å². The SMILES string of the molecule is O=C(NCc1cccs1)NCC1CCN(C2CCSCC2)CC1. The average Bonchev–Trinajstić information content (AvgIpc) is 3.13. The van der Waals surface area contributed by atoms with E-state index in [0.29, 0.717) is 12.5 Å². The smallest absolute Gasteiger partial charge is 0.315 e. The Labute approximate surface area is 147 Å². The predicted octanol–water partition coefficient (Wildman–Crippen LogP) is 3.15. The van der Waals surface area contributed by atoms with Crippen molar-refractivity contribution in [1.82, 2.24) is 15.5 Å². The molecule has 2 fully saturated rings. The molecular weight excluding hydrogens is 326 g/mol. The third kappa shape index (κ3) is 5.40. The highest BCUT2D eigenvalue weighted by Crippen LogP contribution is 2.26. The van der Waals surface area contributed by atoms with E-state index in [1.807, 2.05) is 17.5 Å². The van der Waals surface area contributed by atoms with Crippen LogP contribution in [-0.4, -0.2) is 48.1 Å². The highest BCUT2D eigenvalue weighted by Gasteiger charge is 2.26. The molecule has 2 aliphatic rings. The van der Waals surface area contributed by atoms with Gasteiger partial charge in [0.2, 0.25) is 0 Å². The van der Waals surface area contributed by atoms with E-state index in [0.717, 1.165) is 12.6 Å². The van der Waals surface area contributed by atoms with Crippen molar-refractivity contribution in [2.45, 2.75) is 38.3 Å². The number of hydrogen-bond donors (Lipinski definition) is 2. The molecule has 3 heterocycles. The minimum atomic E-state index is -0.0369. The standard InChI is InChI=1S/C17H27N3OS2/c21-17(19-13-16-2-1-9-23-16)18-12-14-3-7-20(8-4-14)15-5-10-22-11-6-15/h1-2,9,14-15H,3-8,10-13H2,(H2,18,19,21). The van der Waals surface area contributed by atoms with Crippen molar-refractivity contribution in [2.24, 2.45) is 5.92 Å². The molecule has 0 bridgehead atoms. The Balaban J connectivity index is 1.30. The summed E-state index contributed by atoms with van der Waals surface area (Å²) in [6.07, 6.45) is 5.15. The first-order chi connectivity index (χ1) is 11.3. The van der Waals surface area contributed by atoms with Gasteiger partial charge in [-0.15, -0.1) is 11.3 Å². The molecule has 0 spiro atoms. The summed E-state index contributed by atoms with van der Waals surface area (Å²) < 4.78 is 0. The molecule has 0 atom stereocenters. The molecule has 2 saturated heterocycles. The fourth-order valence-electron chi connectivity index (χ4n) is 3.45. The van der Waals surface area contributed by atoms with E-state index in [1.54, 1.807) is 11.3 Å². The second-order valence-corrected chi connectivity index (χ2v) is 8.72. The van der Waals surface area contributed by atoms with E-state index in [2.05, 4.69) is 27.3 Å². The molecule has 23 heavy (non-hydrogen) atoms. The van der Waals surface area contributed by atoms with Crippen LogP contribution in [0.3, 0.4) is 0 Å². The second kappa shape index (κ2) is 8.94. The summed E-state index contributed by atoms with van der Waals surface area (Å²) in [5, 5.41) is 8.01. The van der Waals surface area contributed by atoms with Gasteiger partial charge >= 0.3 is 6.03 Å². The highest BCUT2D eigenvalue weighted by molar-refractivity contribution is 7.99. The molecular formula is C17H27N3OS2. The van der Waals surface area contributed by atoms with E-state index in [-0.39, 0.29) is 6.03 Å². The van der Waals surface area contributed by atoms with Gasteiger partial charge in [-0.05, 0) is 67.6 Å². The number of thiophene rings is 1. The van der Waals surface area contributed by atoms with Crippen LogP contribution in [0.4, 0.5) is 4.79 Å². The predicted molar refractivity (Wildman–Crippen MR) is 99.2 cm³/mol. The summed E-state index contributed by atoms with van der Waals surface area (Å²) in [5.41, 5.74) is 0. The van der Waals surface area contributed by atoms with Crippen LogP contribution in [0.25, 0.3) is 0 Å². The van der Waals surface area contributed by atoms with Gasteiger partial charge in [-0.2, -0.15) is 11.8 Å². The third-order valence-electron chi connectivity index (χ3n) is 4.91. The van der Waals surface area contributed by atoms with Gasteiger partial charge in [-0.1, -0.05) is 6.07 Å². The van der Waals surface area contributed by atoms with Gasteiger partial charge in [0.25, 0.3) is 0 Å². The van der Waals surface area contributed by atoms with Crippen molar-refractivity contribution >= 4 is 29.1 Å². The molecule has 1 aromatic heterocycles. The number of hydrogen-bond acceptors (Lipinski definition) is 4. The normalized spacial score (nSPS) is 21.2. The number of thioether (sulfide) groups is 1. The van der Waals surface area contributed by atoms with E-state index >= 15 is 0 Å². The largest absolute Gasteiger partial charge is 0.338 e. The Morgan fingerprint density at radius 2 is 1.96 bits per heavy atom. The molecule has 0 radical (unpaired) electrons. The van der Waals surface area contributed by atoms with Crippen LogP contribution in [0, 0.1) is 5.92 Å². The lowest BCUT2D eigenvalue weighted by Gasteiger charge is -2.39. The Bertz CT molecular complexity index is 466. The zero-order valence-electron chi connectivity index (χ0n) is 13.6. The van der Waals surface area contributed by atoms with Crippen molar-refractivity contribution < 1.29 is 4.79 Å². The number of urea groups is 1. The molecule has 0 unspecified atom stereocenters. The zero-order chi connectivity index (χ0) is 15.9. The lowest BCUT2D eigenvalue weighted by molar-refractivity contribution is 0.125. The molecule has 1 aromatic rings. The lowest BCUT2D eigenvalue weighted by Crippen LogP contribution is -2.45. The van der Waals surface area contributed by atoms with Gasteiger partial charge in [0, 0.05) is 17.5 Å². The molecule has 128 valence electrons. The van der Waals surface area contributed by atoms with Crippen LogP contribution < -0.4 is 10.6 Å². The first kappa shape index (κ1) is 17.1. The van der Waals surface area contributed by atoms with Crippen molar-refractivity contribution in [1.29, 1.82) is 0 Å². The number of piperidine rings is 1. The topological polar surface area (TPSA) is 44.4 Å². The van der Waals surface area contributed by atoms with Crippen molar-refractivity contribution in [3.05, 3.63) is 22.4 Å². The van der Waals surface area contributed by atoms with Gasteiger partial charge in [0.1, 0.15) is 0 Å². The molecule has 6 heteroatoms. The quantitative estimate of drug-likeness (QED) is 0.855. The minimum absolute atomic E-state index is 0.0369. The Kier molecular flexibility index (Phi) is 6.66. The van der Waals surface area contributed by atoms with E-state index in [9.17, 15) is 4.79 Å². The van der Waals surface area contributed by atoms with E-state index in [4.69, 9.17) is 0 Å². The van der Waals surface area contributed by atoms with Crippen molar-refractivity contribution in [3.63, 3.8) is 0 Å². The van der Waals surface area contributed by atoms with Crippen molar-refractivity contribution in [3.8, 4) is 0 Å². The molecule has 2 amide bonds. The maximum absolute atomic E-state index is 11.9. The summed E-state index contributed by atoms with van der Waals surface area (Å²) in [6, 6.07) is 4.84. The summed E-state index contributed by atoms with van der Waals surface area (Å²) in [7, 11) is 0. The van der Waals surface area contributed by atoms with Crippen LogP contribution in [0.15, 0.2) is 17.5 Å². The average molecular weight is 354 g/mol. The summed E-state index contributed by atoms with van der Waals surface area (Å²) in [6.45, 7) is 3.85. The number of carbonyl (C=O) groups excluding carboxylic acids is 1. The Morgan fingerprint density at radius 1 is 1.17 bits per heavy atom. The first-order valence-electron chi connectivity index (χ1n) is 8.67. The molecule has 0 aromatic carbocycles. The third-order valence-corrected chi connectivity index (χ3v) is 6.84. The first-order valence-corrected chi connectivity index (χ1v) is 10.7. The number of nitrogens with zero attached hydrogens (tertiary/aromatic N) is 1. The minimum Gasteiger partial charge on any atom is -0.338 e. The summed E-state index contributed by atoms with van der Waals surface area (Å²) in [5.74, 6) is 3.30. The fourth-order valence-corrected chi connectivity index (χ4v) is 5.18. The van der Waals surface area contributed by atoms with Crippen LogP contribution in [0.1, 0.15) is 30.6 Å². The van der Waals surface area contributed by atoms with Crippen molar-refractivity contribution in [2.75, 3.05) is 31.1 Å². The van der Waals surface area contributed by atoms with Gasteiger partial charge in [0.05, 0.1) is 6.54 Å². The maximum Gasteiger partial charge on any atom is 0.315 e. The number of likely N-dealkylation sites (tertiary alicyclic amines) is 1. The molecule has 3 rings (SSSR count). The van der Waals surface area contributed by atoms with E-state index in [1.165, 1.54) is 55.2 Å². The van der Waals surface area contributed by atoms with Crippen LogP contribution in [0.2, 0.25) is 0 Å². The Morgan fingerprint density at radius 3 is 2.65 bits per heavy atom. The number of rotatable bonds is 5. The summed E-state index contributed by atoms with van der Waals surface area (Å²) >= 11 is 3.77. The highest BCUT2D eigenvalue weighted by atomic mass is 32.2. The second-order valence-electron chi connectivity index (χ2n) is 6.47. The van der Waals surface area contributed by atoms with Gasteiger partial charge < -0.3 is 15.5 Å². The molecule has 2 aliphatic heterocycles. The lowest BCUT2D eigenvalue weighted by atomic mass is 9.94. The number of carbonyl (C=O) groups is 1. The van der Waals surface area contributed by atoms with Gasteiger partial charge in [-0.25, -0.2) is 4.79 Å². The summed E-state index contributed by atoms with van der Waals surface area (Å²) in [4.78, 5) is 15.7. The van der Waals surface area contributed by atoms with Crippen LogP contribution >= 0.6 is 23.1 Å². The Hall–Kier alpha value is -0.720. The fraction of sp³-hybridized carbons (Fsp3) is 0.706. The number of nitrogens with one attached hydrogen (secondary N) is 2. The molecule has 0 aliphatic carbocycles. The van der Waals surface area contributed by atoms with Gasteiger partial charge in [-0.3, -0.25) is 0 Å². The zero-order valence-corrected chi connectivity index (χ0v) is 15.3. The monoisotopic (exact) mass is 353 g/mol. The molecule has 0 saturated carbocycles. The van der Waals surface area contributed by atoms with Crippen LogP contribution in [0.5, 0.6) is 0 Å². The van der Waals surface area contributed by atoms with Gasteiger partial charge in [0.15, 0.2) is 0 Å². The number of amides is 2. The molecule has 2 N–H and O–H groups in total. The maximum atomic E-state index is 11.9. The van der Waals surface area contributed by atoms with E-state index < -0.39 is 0 Å².